The molecule has 0 fully saturated rings. The third kappa shape index (κ3) is 2.82. The Morgan fingerprint density at radius 1 is 0.452 bits per heavy atom. The van der Waals surface area contributed by atoms with Crippen molar-refractivity contribution in [3.8, 4) is 22.3 Å². The van der Waals surface area contributed by atoms with Crippen LogP contribution in [-0.2, 0) is 6.42 Å². The maximum absolute atomic E-state index is 2.43. The van der Waals surface area contributed by atoms with E-state index in [1.807, 2.05) is 0 Å². The summed E-state index contributed by atoms with van der Waals surface area (Å²) in [4.78, 5) is 0. The first kappa shape index (κ1) is 18.4. The largest absolute Gasteiger partial charge is 0.0616 e. The van der Waals surface area contributed by atoms with Crippen molar-refractivity contribution in [1.29, 1.82) is 0 Å². The van der Waals surface area contributed by atoms with E-state index >= 15 is 0 Å². The first-order chi connectivity index (χ1) is 15.0. The smallest absolute Gasteiger partial charge is 0.00139 e. The quantitative estimate of drug-likeness (QED) is 0.261. The fourth-order valence-corrected chi connectivity index (χ4v) is 5.39. The maximum atomic E-state index is 2.43. The Hall–Kier alpha value is -3.38. The van der Waals surface area contributed by atoms with Crippen LogP contribution in [0.25, 0.3) is 33.4 Å². The minimum absolute atomic E-state index is 0.275. The van der Waals surface area contributed by atoms with Gasteiger partial charge in [-0.15, -0.1) is 0 Å². The Labute approximate surface area is 184 Å². The fourth-order valence-electron chi connectivity index (χ4n) is 5.39. The molecule has 6 rings (SSSR count). The first-order valence-corrected chi connectivity index (χ1v) is 11.2. The van der Waals surface area contributed by atoms with Crippen molar-refractivity contribution in [3.63, 3.8) is 0 Å². The monoisotopic (exact) mass is 398 g/mol. The van der Waals surface area contributed by atoms with Crippen LogP contribution >= 0.6 is 0 Å². The molecule has 150 valence electrons. The Balaban J connectivity index is 1.68. The molecule has 0 aromatic heterocycles. The van der Waals surface area contributed by atoms with E-state index in [9.17, 15) is 0 Å². The molecule has 4 aromatic carbocycles. The van der Waals surface area contributed by atoms with Crippen molar-refractivity contribution in [2.24, 2.45) is 5.41 Å². The second-order valence-electron chi connectivity index (χ2n) is 10.0. The SMILES string of the molecule is CC(C)(C)Cc1ccc2c(c1)-c1ccccc1C2=C1c2ccccc2-c2ccccc21. The second-order valence-corrected chi connectivity index (χ2v) is 10.0. The summed E-state index contributed by atoms with van der Waals surface area (Å²) < 4.78 is 0. The Kier molecular flexibility index (Phi) is 3.89. The lowest BCUT2D eigenvalue weighted by molar-refractivity contribution is 0.411. The molecule has 0 N–H and O–H groups in total. The van der Waals surface area contributed by atoms with Gasteiger partial charge in [-0.2, -0.15) is 0 Å². The molecule has 0 saturated carbocycles. The summed E-state index contributed by atoms with van der Waals surface area (Å²) in [5.41, 5.74) is 15.3. The molecule has 31 heavy (non-hydrogen) atoms. The zero-order valence-corrected chi connectivity index (χ0v) is 18.4. The number of rotatable bonds is 1. The molecule has 2 aliphatic carbocycles. The van der Waals surface area contributed by atoms with E-state index in [1.54, 1.807) is 0 Å². The van der Waals surface area contributed by atoms with Crippen molar-refractivity contribution in [2.45, 2.75) is 27.2 Å². The average Bonchev–Trinajstić information content (AvgIpc) is 3.25. The zero-order valence-electron chi connectivity index (χ0n) is 18.4. The van der Waals surface area contributed by atoms with E-state index in [1.165, 1.54) is 61.2 Å². The average molecular weight is 399 g/mol. The van der Waals surface area contributed by atoms with Crippen molar-refractivity contribution in [1.82, 2.24) is 0 Å². The van der Waals surface area contributed by atoms with Gasteiger partial charge in [0, 0.05) is 0 Å². The van der Waals surface area contributed by atoms with Crippen LogP contribution in [0, 0.1) is 5.41 Å². The van der Waals surface area contributed by atoms with Crippen LogP contribution in [-0.4, -0.2) is 0 Å². The van der Waals surface area contributed by atoms with Crippen LogP contribution in [0.15, 0.2) is 91.0 Å². The summed E-state index contributed by atoms with van der Waals surface area (Å²) in [5, 5.41) is 0. The molecule has 0 atom stereocenters. The van der Waals surface area contributed by atoms with E-state index in [4.69, 9.17) is 0 Å². The van der Waals surface area contributed by atoms with Crippen LogP contribution in [0.3, 0.4) is 0 Å². The van der Waals surface area contributed by atoms with Crippen LogP contribution in [0.1, 0.15) is 48.6 Å². The molecular weight excluding hydrogens is 372 g/mol. The van der Waals surface area contributed by atoms with Crippen molar-refractivity contribution in [2.75, 3.05) is 0 Å². The molecule has 2 aliphatic rings. The summed E-state index contributed by atoms with van der Waals surface area (Å²) in [6, 6.07) is 33.8. The highest BCUT2D eigenvalue weighted by atomic mass is 14.3. The molecule has 0 saturated heterocycles. The van der Waals surface area contributed by atoms with E-state index in [-0.39, 0.29) is 5.41 Å². The fraction of sp³-hybridized carbons (Fsp3) is 0.161. The number of hydrogen-bond donors (Lipinski definition) is 0. The van der Waals surface area contributed by atoms with Crippen LogP contribution in [0.4, 0.5) is 0 Å². The minimum Gasteiger partial charge on any atom is -0.0616 e. The van der Waals surface area contributed by atoms with Gasteiger partial charge in [-0.25, -0.2) is 0 Å². The van der Waals surface area contributed by atoms with Crippen LogP contribution < -0.4 is 0 Å². The number of fused-ring (bicyclic) bond motifs is 6. The zero-order chi connectivity index (χ0) is 21.2. The summed E-state index contributed by atoms with van der Waals surface area (Å²) in [5.74, 6) is 0. The molecular formula is C31H26. The second kappa shape index (κ2) is 6.56. The van der Waals surface area contributed by atoms with E-state index in [0.29, 0.717) is 0 Å². The van der Waals surface area contributed by atoms with Gasteiger partial charge in [0.15, 0.2) is 0 Å². The van der Waals surface area contributed by atoms with Crippen LogP contribution in [0.2, 0.25) is 0 Å². The standard InChI is InChI=1S/C31H26/c1-31(2,3)19-20-16-17-27-28(18-20)23-12-6-9-15-26(23)30(27)29-24-13-7-4-10-21(24)22-11-5-8-14-25(22)29/h4-18H,19H2,1-3H3. The molecule has 4 aromatic rings. The molecule has 0 heterocycles. The van der Waals surface area contributed by atoms with Gasteiger partial charge in [0.05, 0.1) is 0 Å². The third-order valence-electron chi connectivity index (χ3n) is 6.51. The van der Waals surface area contributed by atoms with Gasteiger partial charge >= 0.3 is 0 Å². The predicted molar refractivity (Wildman–Crippen MR) is 132 cm³/mol. The molecule has 0 nitrogen and oxygen atoms in total. The van der Waals surface area contributed by atoms with Gasteiger partial charge in [0.25, 0.3) is 0 Å². The van der Waals surface area contributed by atoms with Crippen molar-refractivity contribution in [3.05, 3.63) is 119 Å². The highest BCUT2D eigenvalue weighted by Crippen LogP contribution is 2.54. The highest BCUT2D eigenvalue weighted by molar-refractivity contribution is 6.18. The molecule has 0 radical (unpaired) electrons. The minimum atomic E-state index is 0.275. The molecule has 0 heteroatoms. The van der Waals surface area contributed by atoms with Crippen molar-refractivity contribution < 1.29 is 0 Å². The lowest BCUT2D eigenvalue weighted by Crippen LogP contribution is -2.09. The summed E-state index contributed by atoms with van der Waals surface area (Å²) in [7, 11) is 0. The Bertz CT molecular complexity index is 1330. The number of hydrogen-bond acceptors (Lipinski definition) is 0. The van der Waals surface area contributed by atoms with Gasteiger partial charge in [-0.05, 0) is 73.1 Å². The molecule has 0 amide bonds. The lowest BCUT2D eigenvalue weighted by Gasteiger charge is -2.19. The van der Waals surface area contributed by atoms with Gasteiger partial charge in [-0.3, -0.25) is 0 Å². The highest BCUT2D eigenvalue weighted by Gasteiger charge is 2.32. The Morgan fingerprint density at radius 2 is 0.839 bits per heavy atom. The van der Waals surface area contributed by atoms with Gasteiger partial charge in [0.1, 0.15) is 0 Å². The van der Waals surface area contributed by atoms with Crippen molar-refractivity contribution >= 4 is 11.1 Å². The van der Waals surface area contributed by atoms with E-state index in [2.05, 4.69) is 112 Å². The first-order valence-electron chi connectivity index (χ1n) is 11.2. The molecule has 0 bridgehead atoms. The van der Waals surface area contributed by atoms with Gasteiger partial charge < -0.3 is 0 Å². The van der Waals surface area contributed by atoms with Gasteiger partial charge in [0.2, 0.25) is 0 Å². The predicted octanol–water partition coefficient (Wildman–Crippen LogP) is 8.24. The summed E-state index contributed by atoms with van der Waals surface area (Å²) in [6.45, 7) is 6.94. The summed E-state index contributed by atoms with van der Waals surface area (Å²) >= 11 is 0. The summed E-state index contributed by atoms with van der Waals surface area (Å²) in [6.07, 6.45) is 1.08. The lowest BCUT2D eigenvalue weighted by atomic mass is 9.86. The Morgan fingerprint density at radius 3 is 1.29 bits per heavy atom. The van der Waals surface area contributed by atoms with E-state index < -0.39 is 0 Å². The number of benzene rings is 4. The topological polar surface area (TPSA) is 0 Å². The van der Waals surface area contributed by atoms with Gasteiger partial charge in [-0.1, -0.05) is 112 Å². The molecule has 0 aliphatic heterocycles. The molecule has 0 spiro atoms. The van der Waals surface area contributed by atoms with Crippen LogP contribution in [0.5, 0.6) is 0 Å². The third-order valence-corrected chi connectivity index (χ3v) is 6.51. The van der Waals surface area contributed by atoms with E-state index in [0.717, 1.165) is 6.42 Å². The molecule has 0 unspecified atom stereocenters. The normalized spacial score (nSPS) is 13.6. The maximum Gasteiger partial charge on any atom is -0.00139 e.